The summed E-state index contributed by atoms with van der Waals surface area (Å²) in [5.74, 6) is 0.608. The van der Waals surface area contributed by atoms with E-state index in [9.17, 15) is 4.79 Å². The van der Waals surface area contributed by atoms with Gasteiger partial charge >= 0.3 is 0 Å². The molecule has 2 aromatic carbocycles. The summed E-state index contributed by atoms with van der Waals surface area (Å²) in [6.45, 7) is 8.43. The Balaban J connectivity index is 1.94. The number of benzene rings is 2. The Bertz CT molecular complexity index is 1040. The molecule has 1 N–H and O–H groups in total. The highest BCUT2D eigenvalue weighted by molar-refractivity contribution is 6.31. The van der Waals surface area contributed by atoms with Gasteiger partial charge in [0.1, 0.15) is 5.75 Å². The summed E-state index contributed by atoms with van der Waals surface area (Å²) in [5, 5.41) is 4.72. The minimum absolute atomic E-state index is 0.00239. The van der Waals surface area contributed by atoms with E-state index in [-0.39, 0.29) is 17.4 Å². The number of nitrogens with one attached hydrogen (secondary N) is 1. The van der Waals surface area contributed by atoms with Gasteiger partial charge in [0.25, 0.3) is 5.91 Å². The monoisotopic (exact) mass is 410 g/mol. The number of fused-ring (bicyclic) bond motifs is 1. The molecule has 1 heterocycles. The number of ether oxygens (including phenoxy) is 1. The van der Waals surface area contributed by atoms with Gasteiger partial charge in [0.05, 0.1) is 18.7 Å². The molecule has 0 fully saturated rings. The summed E-state index contributed by atoms with van der Waals surface area (Å²) >= 11 is 6.57. The summed E-state index contributed by atoms with van der Waals surface area (Å²) in [6, 6.07) is 13.0. The van der Waals surface area contributed by atoms with Crippen molar-refractivity contribution < 1.29 is 9.53 Å². The number of methoxy groups -OCH3 is 1. The Kier molecular flexibility index (Phi) is 6.13. The van der Waals surface area contributed by atoms with Gasteiger partial charge in [0.2, 0.25) is 0 Å². The van der Waals surface area contributed by atoms with Gasteiger partial charge in [-0.1, -0.05) is 38.4 Å². The number of carbonyl (C=O) groups excluding carboxylic acids is 1. The van der Waals surface area contributed by atoms with E-state index in [0.717, 1.165) is 34.2 Å². The molecule has 3 rings (SSSR count). The third kappa shape index (κ3) is 5.07. The van der Waals surface area contributed by atoms with Crippen LogP contribution in [0.2, 0.25) is 5.02 Å². The van der Waals surface area contributed by atoms with E-state index in [1.54, 1.807) is 19.4 Å². The van der Waals surface area contributed by atoms with Gasteiger partial charge in [0, 0.05) is 22.2 Å². The van der Waals surface area contributed by atoms with Crippen molar-refractivity contribution in [2.75, 3.05) is 7.11 Å². The van der Waals surface area contributed by atoms with Crippen LogP contribution in [0.5, 0.6) is 5.75 Å². The topological polar surface area (TPSA) is 51.2 Å². The highest BCUT2D eigenvalue weighted by Gasteiger charge is 2.25. The number of hydrogen-bond acceptors (Lipinski definition) is 3. The van der Waals surface area contributed by atoms with Crippen molar-refractivity contribution in [2.24, 2.45) is 5.41 Å². The second kappa shape index (κ2) is 8.42. The molecule has 0 spiro atoms. The van der Waals surface area contributed by atoms with E-state index in [4.69, 9.17) is 16.3 Å². The van der Waals surface area contributed by atoms with Crippen molar-refractivity contribution in [3.63, 3.8) is 0 Å². The first kappa shape index (κ1) is 21.1. The lowest BCUT2D eigenvalue weighted by molar-refractivity contribution is 0.0926. The largest absolute Gasteiger partial charge is 0.496 e. The zero-order valence-electron chi connectivity index (χ0n) is 17.5. The van der Waals surface area contributed by atoms with Gasteiger partial charge in [-0.25, -0.2) is 0 Å². The maximum atomic E-state index is 13.1. The van der Waals surface area contributed by atoms with Crippen molar-refractivity contribution in [2.45, 2.75) is 40.2 Å². The smallest absolute Gasteiger partial charge is 0.251 e. The highest BCUT2D eigenvalue weighted by atomic mass is 35.5. The van der Waals surface area contributed by atoms with Crippen LogP contribution in [0, 0.1) is 12.3 Å². The lowest BCUT2D eigenvalue weighted by Gasteiger charge is -2.28. The fraction of sp³-hybridized carbons (Fsp3) is 0.333. The minimum atomic E-state index is -0.218. The van der Waals surface area contributed by atoms with E-state index < -0.39 is 0 Å². The quantitative estimate of drug-likeness (QED) is 0.551. The molecule has 4 nitrogen and oxygen atoms in total. The molecule has 0 aliphatic heterocycles. The fourth-order valence-electron chi connectivity index (χ4n) is 3.48. The third-order valence-corrected chi connectivity index (χ3v) is 5.20. The fourth-order valence-corrected chi connectivity index (χ4v) is 3.77. The molecule has 1 amide bonds. The Hall–Kier alpha value is -2.59. The SMILES string of the molecule is COc1cc(Cl)c([C@@H](CC(C)(C)C)NC(=O)c2ccc3ncccc3c2)cc1C. The van der Waals surface area contributed by atoms with E-state index in [1.807, 2.05) is 43.3 Å². The highest BCUT2D eigenvalue weighted by Crippen LogP contribution is 2.36. The number of carbonyl (C=O) groups is 1. The maximum Gasteiger partial charge on any atom is 0.251 e. The summed E-state index contributed by atoms with van der Waals surface area (Å²) < 4.78 is 5.38. The zero-order valence-corrected chi connectivity index (χ0v) is 18.3. The van der Waals surface area contributed by atoms with Crippen LogP contribution in [-0.4, -0.2) is 18.0 Å². The zero-order chi connectivity index (χ0) is 21.2. The second-order valence-electron chi connectivity index (χ2n) is 8.55. The Morgan fingerprint density at radius 3 is 2.66 bits per heavy atom. The molecule has 0 saturated carbocycles. The number of aryl methyl sites for hydroxylation is 1. The average molecular weight is 411 g/mol. The predicted octanol–water partition coefficient (Wildman–Crippen LogP) is 6.11. The number of nitrogens with zero attached hydrogens (tertiary/aromatic N) is 1. The van der Waals surface area contributed by atoms with Gasteiger partial charge < -0.3 is 10.1 Å². The Morgan fingerprint density at radius 1 is 1.21 bits per heavy atom. The number of halogens is 1. The van der Waals surface area contributed by atoms with Crippen LogP contribution in [0.15, 0.2) is 48.7 Å². The van der Waals surface area contributed by atoms with E-state index in [2.05, 4.69) is 31.1 Å². The van der Waals surface area contributed by atoms with Gasteiger partial charge in [-0.2, -0.15) is 0 Å². The first-order valence-electron chi connectivity index (χ1n) is 9.67. The van der Waals surface area contributed by atoms with Crippen molar-refractivity contribution in [1.82, 2.24) is 10.3 Å². The number of aromatic nitrogens is 1. The molecule has 5 heteroatoms. The number of hydrogen-bond donors (Lipinski definition) is 1. The van der Waals surface area contributed by atoms with Gasteiger partial charge in [-0.3, -0.25) is 9.78 Å². The van der Waals surface area contributed by atoms with E-state index in [0.29, 0.717) is 10.6 Å². The van der Waals surface area contributed by atoms with Crippen LogP contribution in [0.4, 0.5) is 0 Å². The van der Waals surface area contributed by atoms with Crippen molar-refractivity contribution >= 4 is 28.4 Å². The normalized spacial score (nSPS) is 12.6. The van der Waals surface area contributed by atoms with Gasteiger partial charge in [-0.05, 0) is 66.3 Å². The molecule has 0 aliphatic rings. The Morgan fingerprint density at radius 2 is 1.97 bits per heavy atom. The lowest BCUT2D eigenvalue weighted by atomic mass is 9.85. The van der Waals surface area contributed by atoms with Crippen LogP contribution in [0.1, 0.15) is 54.7 Å². The molecular weight excluding hydrogens is 384 g/mol. The molecule has 0 bridgehead atoms. The maximum absolute atomic E-state index is 13.1. The first-order valence-corrected chi connectivity index (χ1v) is 10.1. The number of pyridine rings is 1. The summed E-state index contributed by atoms with van der Waals surface area (Å²) in [5.41, 5.74) is 3.35. The van der Waals surface area contributed by atoms with E-state index >= 15 is 0 Å². The first-order chi connectivity index (χ1) is 13.7. The molecule has 1 aromatic heterocycles. The van der Waals surface area contributed by atoms with Gasteiger partial charge in [-0.15, -0.1) is 0 Å². The standard InChI is InChI=1S/C24H27ClN2O2/c1-15-11-18(19(25)13-22(15)29-5)21(14-24(2,3)4)27-23(28)17-8-9-20-16(12-17)7-6-10-26-20/h6-13,21H,14H2,1-5H3,(H,27,28)/t21-/m1/s1. The molecule has 0 aliphatic carbocycles. The van der Waals surface area contributed by atoms with Crippen LogP contribution in [0.25, 0.3) is 10.9 Å². The molecule has 0 saturated heterocycles. The molecule has 1 atom stereocenters. The minimum Gasteiger partial charge on any atom is -0.496 e. The summed E-state index contributed by atoms with van der Waals surface area (Å²) in [4.78, 5) is 17.4. The third-order valence-electron chi connectivity index (χ3n) is 4.88. The average Bonchev–Trinajstić information content (AvgIpc) is 2.67. The molecule has 3 aromatic rings. The molecular formula is C24H27ClN2O2. The Labute approximate surface area is 177 Å². The summed E-state index contributed by atoms with van der Waals surface area (Å²) in [6.07, 6.45) is 2.49. The van der Waals surface area contributed by atoms with Crippen molar-refractivity contribution in [3.05, 3.63) is 70.4 Å². The van der Waals surface area contributed by atoms with Crippen LogP contribution < -0.4 is 10.1 Å². The van der Waals surface area contributed by atoms with Crippen LogP contribution in [-0.2, 0) is 0 Å². The van der Waals surface area contributed by atoms with Crippen LogP contribution >= 0.6 is 11.6 Å². The molecule has 0 radical (unpaired) electrons. The number of amides is 1. The lowest BCUT2D eigenvalue weighted by Crippen LogP contribution is -2.31. The second-order valence-corrected chi connectivity index (χ2v) is 8.95. The molecule has 0 unspecified atom stereocenters. The van der Waals surface area contributed by atoms with Crippen LogP contribution in [0.3, 0.4) is 0 Å². The van der Waals surface area contributed by atoms with Crippen molar-refractivity contribution in [1.29, 1.82) is 0 Å². The molecule has 152 valence electrons. The van der Waals surface area contributed by atoms with Crippen molar-refractivity contribution in [3.8, 4) is 5.75 Å². The summed E-state index contributed by atoms with van der Waals surface area (Å²) in [7, 11) is 1.63. The van der Waals surface area contributed by atoms with E-state index in [1.165, 1.54) is 0 Å². The number of rotatable bonds is 5. The molecule has 29 heavy (non-hydrogen) atoms. The predicted molar refractivity (Wildman–Crippen MR) is 119 cm³/mol. The van der Waals surface area contributed by atoms with Gasteiger partial charge in [0.15, 0.2) is 0 Å².